The summed E-state index contributed by atoms with van der Waals surface area (Å²) in [6, 6.07) is 10.1. The molecule has 0 bridgehead atoms. The number of rotatable bonds is 4. The lowest BCUT2D eigenvalue weighted by molar-refractivity contribution is 0.0416. The van der Waals surface area contributed by atoms with Crippen molar-refractivity contribution < 1.29 is 22.7 Å². The van der Waals surface area contributed by atoms with Gasteiger partial charge in [-0.1, -0.05) is 12.1 Å². The standard InChI is InChI=1S/C23H25F3N2O2/c24-19-6-5-16(15-21(19)26)23(29)28-11-7-17(8-12-28)27-13-9-18(10-14-27)30-22-4-2-1-3-20(22)25/h1-6,15,17-18H,7-14H2. The quantitative estimate of drug-likeness (QED) is 0.744. The van der Waals surface area contributed by atoms with E-state index < -0.39 is 11.6 Å². The van der Waals surface area contributed by atoms with Crippen LogP contribution in [0.3, 0.4) is 0 Å². The van der Waals surface area contributed by atoms with Gasteiger partial charge in [0.2, 0.25) is 0 Å². The molecule has 7 heteroatoms. The first-order valence-corrected chi connectivity index (χ1v) is 10.4. The largest absolute Gasteiger partial charge is 0.487 e. The lowest BCUT2D eigenvalue weighted by atomic mass is 9.98. The summed E-state index contributed by atoms with van der Waals surface area (Å²) in [4.78, 5) is 16.7. The third kappa shape index (κ3) is 4.61. The Bertz CT molecular complexity index is 892. The van der Waals surface area contributed by atoms with Gasteiger partial charge < -0.3 is 9.64 Å². The highest BCUT2D eigenvalue weighted by Gasteiger charge is 2.30. The van der Waals surface area contributed by atoms with Crippen LogP contribution < -0.4 is 4.74 Å². The van der Waals surface area contributed by atoms with Crippen LogP contribution in [-0.2, 0) is 0 Å². The number of ether oxygens (including phenoxy) is 1. The van der Waals surface area contributed by atoms with Crippen molar-refractivity contribution in [3.8, 4) is 5.75 Å². The van der Waals surface area contributed by atoms with Crippen molar-refractivity contribution >= 4 is 5.91 Å². The van der Waals surface area contributed by atoms with Crippen molar-refractivity contribution in [2.45, 2.75) is 37.8 Å². The fraction of sp³-hybridized carbons (Fsp3) is 0.435. The summed E-state index contributed by atoms with van der Waals surface area (Å²) in [6.45, 7) is 2.93. The van der Waals surface area contributed by atoms with E-state index in [-0.39, 0.29) is 23.4 Å². The van der Waals surface area contributed by atoms with Crippen LogP contribution in [0.4, 0.5) is 13.2 Å². The Morgan fingerprint density at radius 3 is 2.20 bits per heavy atom. The van der Waals surface area contributed by atoms with Gasteiger partial charge in [-0.15, -0.1) is 0 Å². The summed E-state index contributed by atoms with van der Waals surface area (Å²) >= 11 is 0. The Kier molecular flexibility index (Phi) is 6.27. The zero-order valence-corrected chi connectivity index (χ0v) is 16.7. The second-order valence-electron chi connectivity index (χ2n) is 7.94. The number of nitrogens with zero attached hydrogens (tertiary/aromatic N) is 2. The van der Waals surface area contributed by atoms with Crippen LogP contribution in [0.25, 0.3) is 0 Å². The lowest BCUT2D eigenvalue weighted by Crippen LogP contribution is -2.50. The summed E-state index contributed by atoms with van der Waals surface area (Å²) in [5, 5.41) is 0. The Hall–Kier alpha value is -2.54. The smallest absolute Gasteiger partial charge is 0.253 e. The molecule has 0 aromatic heterocycles. The van der Waals surface area contributed by atoms with Gasteiger partial charge in [-0.3, -0.25) is 9.69 Å². The molecule has 2 aromatic rings. The van der Waals surface area contributed by atoms with Gasteiger partial charge in [0.05, 0.1) is 0 Å². The molecule has 4 nitrogen and oxygen atoms in total. The molecule has 2 heterocycles. The first-order chi connectivity index (χ1) is 14.5. The molecule has 0 atom stereocenters. The van der Waals surface area contributed by atoms with Crippen LogP contribution in [0.1, 0.15) is 36.0 Å². The van der Waals surface area contributed by atoms with Crippen LogP contribution in [-0.4, -0.2) is 54.0 Å². The second kappa shape index (κ2) is 9.08. The number of halogens is 3. The van der Waals surface area contributed by atoms with Crippen LogP contribution in [0.5, 0.6) is 5.75 Å². The predicted molar refractivity (Wildman–Crippen MR) is 107 cm³/mol. The summed E-state index contributed by atoms with van der Waals surface area (Å²) < 4.78 is 46.1. The average Bonchev–Trinajstić information content (AvgIpc) is 2.77. The molecule has 0 aliphatic carbocycles. The fourth-order valence-corrected chi connectivity index (χ4v) is 4.32. The summed E-state index contributed by atoms with van der Waals surface area (Å²) in [5.41, 5.74) is 0.179. The molecule has 0 radical (unpaired) electrons. The number of benzene rings is 2. The lowest BCUT2D eigenvalue weighted by Gasteiger charge is -2.41. The predicted octanol–water partition coefficient (Wildman–Crippen LogP) is 4.25. The van der Waals surface area contributed by atoms with Gasteiger partial charge in [-0.2, -0.15) is 0 Å². The third-order valence-corrected chi connectivity index (χ3v) is 6.04. The molecule has 0 N–H and O–H groups in total. The molecule has 2 saturated heterocycles. The van der Waals surface area contributed by atoms with E-state index >= 15 is 0 Å². The van der Waals surface area contributed by atoms with E-state index in [0.717, 1.165) is 50.9 Å². The van der Waals surface area contributed by atoms with Crippen molar-refractivity contribution in [3.05, 3.63) is 65.5 Å². The highest BCUT2D eigenvalue weighted by molar-refractivity contribution is 5.94. The number of hydrogen-bond acceptors (Lipinski definition) is 3. The maximum atomic E-state index is 13.8. The normalized spacial score (nSPS) is 19.1. The van der Waals surface area contributed by atoms with E-state index in [1.807, 2.05) is 0 Å². The van der Waals surface area contributed by atoms with E-state index in [9.17, 15) is 18.0 Å². The maximum absolute atomic E-state index is 13.8. The molecule has 2 aliphatic rings. The van der Waals surface area contributed by atoms with E-state index in [4.69, 9.17) is 4.74 Å². The molecule has 4 rings (SSSR count). The Balaban J connectivity index is 1.25. The summed E-state index contributed by atoms with van der Waals surface area (Å²) in [5.74, 6) is -2.24. The van der Waals surface area contributed by atoms with E-state index in [0.29, 0.717) is 24.9 Å². The van der Waals surface area contributed by atoms with Crippen LogP contribution in [0.2, 0.25) is 0 Å². The molecular formula is C23H25F3N2O2. The van der Waals surface area contributed by atoms with Crippen LogP contribution in [0, 0.1) is 17.5 Å². The fourth-order valence-electron chi connectivity index (χ4n) is 4.32. The SMILES string of the molecule is O=C(c1ccc(F)c(F)c1)N1CCC(N2CCC(Oc3ccccc3F)CC2)CC1. The Morgan fingerprint density at radius 2 is 1.53 bits per heavy atom. The minimum absolute atomic E-state index is 0.00758. The number of hydrogen-bond donors (Lipinski definition) is 0. The topological polar surface area (TPSA) is 32.8 Å². The van der Waals surface area contributed by atoms with Gasteiger partial charge in [0.25, 0.3) is 5.91 Å². The van der Waals surface area contributed by atoms with Gasteiger partial charge in [-0.05, 0) is 56.0 Å². The van der Waals surface area contributed by atoms with Crippen molar-refractivity contribution in [2.24, 2.45) is 0 Å². The molecule has 1 amide bonds. The molecule has 2 aromatic carbocycles. The number of carbonyl (C=O) groups is 1. The highest BCUT2D eigenvalue weighted by Crippen LogP contribution is 2.26. The van der Waals surface area contributed by atoms with Crippen molar-refractivity contribution in [3.63, 3.8) is 0 Å². The molecule has 2 aliphatic heterocycles. The molecule has 0 spiro atoms. The molecular weight excluding hydrogens is 393 g/mol. The number of amides is 1. The van der Waals surface area contributed by atoms with Crippen molar-refractivity contribution in [2.75, 3.05) is 26.2 Å². The summed E-state index contributed by atoms with van der Waals surface area (Å²) in [7, 11) is 0. The summed E-state index contributed by atoms with van der Waals surface area (Å²) in [6.07, 6.45) is 3.36. The number of carbonyl (C=O) groups excluding carboxylic acids is 1. The van der Waals surface area contributed by atoms with E-state index in [2.05, 4.69) is 4.90 Å². The minimum Gasteiger partial charge on any atom is -0.487 e. The Labute approximate surface area is 174 Å². The van der Waals surface area contributed by atoms with Crippen molar-refractivity contribution in [1.29, 1.82) is 0 Å². The van der Waals surface area contributed by atoms with Crippen LogP contribution >= 0.6 is 0 Å². The van der Waals surface area contributed by atoms with Crippen LogP contribution in [0.15, 0.2) is 42.5 Å². The molecule has 0 saturated carbocycles. The van der Waals surface area contributed by atoms with Gasteiger partial charge in [0.15, 0.2) is 23.2 Å². The zero-order chi connectivity index (χ0) is 21.1. The van der Waals surface area contributed by atoms with Gasteiger partial charge in [-0.25, -0.2) is 13.2 Å². The monoisotopic (exact) mass is 418 g/mol. The average molecular weight is 418 g/mol. The van der Waals surface area contributed by atoms with Crippen molar-refractivity contribution in [1.82, 2.24) is 9.80 Å². The van der Waals surface area contributed by atoms with Gasteiger partial charge >= 0.3 is 0 Å². The van der Waals surface area contributed by atoms with Gasteiger partial charge in [0, 0.05) is 37.8 Å². The number of para-hydroxylation sites is 1. The first kappa shape index (κ1) is 20.7. The minimum atomic E-state index is -1.00. The zero-order valence-electron chi connectivity index (χ0n) is 16.7. The second-order valence-corrected chi connectivity index (χ2v) is 7.94. The Morgan fingerprint density at radius 1 is 0.833 bits per heavy atom. The van der Waals surface area contributed by atoms with E-state index in [1.54, 1.807) is 23.1 Å². The number of piperidine rings is 2. The van der Waals surface area contributed by atoms with E-state index in [1.165, 1.54) is 12.1 Å². The molecule has 0 unspecified atom stereocenters. The molecule has 160 valence electrons. The maximum Gasteiger partial charge on any atom is 0.253 e. The highest BCUT2D eigenvalue weighted by atomic mass is 19.2. The molecule has 2 fully saturated rings. The first-order valence-electron chi connectivity index (χ1n) is 10.4. The third-order valence-electron chi connectivity index (χ3n) is 6.04. The number of likely N-dealkylation sites (tertiary alicyclic amines) is 2. The van der Waals surface area contributed by atoms with Gasteiger partial charge in [0.1, 0.15) is 6.10 Å². The molecule has 30 heavy (non-hydrogen) atoms.